The Hall–Kier alpha value is -1.96. The summed E-state index contributed by atoms with van der Waals surface area (Å²) in [5.41, 5.74) is -0.0882. The highest BCUT2D eigenvalue weighted by atomic mass is 32.2. The van der Waals surface area contributed by atoms with Crippen LogP contribution < -0.4 is 9.47 Å². The number of hydrogen-bond acceptors (Lipinski definition) is 7. The Balaban J connectivity index is 3.04. The summed E-state index contributed by atoms with van der Waals surface area (Å²) in [6.45, 7) is 1.70. The zero-order valence-corrected chi connectivity index (χ0v) is 13.1. The van der Waals surface area contributed by atoms with Crippen molar-refractivity contribution in [3.63, 3.8) is 0 Å². The molecule has 0 fully saturated rings. The Bertz CT molecular complexity index is 534. The third kappa shape index (κ3) is 4.25. The van der Waals surface area contributed by atoms with Crippen LogP contribution in [0.3, 0.4) is 0 Å². The van der Waals surface area contributed by atoms with Crippen LogP contribution in [0, 0.1) is 16.0 Å². The largest absolute Gasteiger partial charge is 0.493 e. The van der Waals surface area contributed by atoms with E-state index >= 15 is 0 Å². The van der Waals surface area contributed by atoms with Gasteiger partial charge in [0, 0.05) is 11.8 Å². The highest BCUT2D eigenvalue weighted by molar-refractivity contribution is 7.99. The van der Waals surface area contributed by atoms with Gasteiger partial charge >= 0.3 is 5.97 Å². The van der Waals surface area contributed by atoms with Crippen LogP contribution in [0.25, 0.3) is 0 Å². The zero-order valence-electron chi connectivity index (χ0n) is 12.2. The fourth-order valence-corrected chi connectivity index (χ4v) is 2.63. The summed E-state index contributed by atoms with van der Waals surface area (Å²) in [5.74, 6) is 0.326. The molecule has 0 aliphatic carbocycles. The van der Waals surface area contributed by atoms with E-state index in [9.17, 15) is 14.9 Å². The Morgan fingerprint density at radius 2 is 1.86 bits per heavy atom. The summed E-state index contributed by atoms with van der Waals surface area (Å²) in [7, 11) is 4.17. The van der Waals surface area contributed by atoms with Gasteiger partial charge in [0.15, 0.2) is 11.5 Å². The number of carbonyl (C=O) groups excluding carboxylic acids is 1. The van der Waals surface area contributed by atoms with Crippen molar-refractivity contribution in [1.82, 2.24) is 0 Å². The highest BCUT2D eigenvalue weighted by Gasteiger charge is 2.22. The van der Waals surface area contributed by atoms with E-state index in [1.165, 1.54) is 45.2 Å². The van der Waals surface area contributed by atoms with Crippen molar-refractivity contribution in [3.05, 3.63) is 22.2 Å². The van der Waals surface area contributed by atoms with Crippen LogP contribution in [0.2, 0.25) is 0 Å². The van der Waals surface area contributed by atoms with Crippen LogP contribution in [-0.2, 0) is 9.53 Å². The van der Waals surface area contributed by atoms with E-state index in [4.69, 9.17) is 9.47 Å². The van der Waals surface area contributed by atoms with Gasteiger partial charge in [-0.05, 0) is 0 Å². The summed E-state index contributed by atoms with van der Waals surface area (Å²) in [5, 5.41) is 11.1. The molecule has 0 aromatic heterocycles. The van der Waals surface area contributed by atoms with Crippen molar-refractivity contribution in [1.29, 1.82) is 0 Å². The van der Waals surface area contributed by atoms with Crippen LogP contribution in [0.1, 0.15) is 6.92 Å². The molecule has 1 aromatic rings. The third-order valence-electron chi connectivity index (χ3n) is 2.75. The standard InChI is InChI=1S/C13H17NO6S/c1-8(13(15)20-4)7-21-12-6-11(19-3)10(18-2)5-9(12)14(16)17/h5-6,8H,7H2,1-4H3. The molecule has 0 aliphatic heterocycles. The van der Waals surface area contributed by atoms with Gasteiger partial charge in [0.1, 0.15) is 0 Å². The predicted octanol–water partition coefficient (Wildman–Crippen LogP) is 2.51. The average Bonchev–Trinajstić information content (AvgIpc) is 2.50. The lowest BCUT2D eigenvalue weighted by Gasteiger charge is -2.12. The monoisotopic (exact) mass is 315 g/mol. The van der Waals surface area contributed by atoms with Gasteiger partial charge in [-0.1, -0.05) is 6.92 Å². The van der Waals surface area contributed by atoms with E-state index in [1.807, 2.05) is 0 Å². The first-order valence-electron chi connectivity index (χ1n) is 6.05. The van der Waals surface area contributed by atoms with Gasteiger partial charge in [-0.15, -0.1) is 11.8 Å². The molecule has 0 radical (unpaired) electrons. The predicted molar refractivity (Wildman–Crippen MR) is 78.1 cm³/mol. The fourth-order valence-electron chi connectivity index (χ4n) is 1.59. The maximum atomic E-state index is 11.4. The van der Waals surface area contributed by atoms with Gasteiger partial charge in [0.2, 0.25) is 0 Å². The van der Waals surface area contributed by atoms with E-state index in [-0.39, 0.29) is 23.3 Å². The first kappa shape index (κ1) is 17.1. The Morgan fingerprint density at radius 3 is 2.33 bits per heavy atom. The second-order valence-corrected chi connectivity index (χ2v) is 5.23. The van der Waals surface area contributed by atoms with Crippen molar-refractivity contribution >= 4 is 23.4 Å². The average molecular weight is 315 g/mol. The topological polar surface area (TPSA) is 87.9 Å². The molecule has 21 heavy (non-hydrogen) atoms. The van der Waals surface area contributed by atoms with E-state index in [1.54, 1.807) is 6.92 Å². The molecular formula is C13H17NO6S. The second kappa shape index (κ2) is 7.72. The van der Waals surface area contributed by atoms with E-state index < -0.39 is 4.92 Å². The molecule has 0 N–H and O–H groups in total. The summed E-state index contributed by atoms with van der Waals surface area (Å²) < 4.78 is 14.8. The summed E-state index contributed by atoms with van der Waals surface area (Å²) >= 11 is 1.20. The van der Waals surface area contributed by atoms with Crippen molar-refractivity contribution in [2.24, 2.45) is 5.92 Å². The molecule has 0 aliphatic rings. The smallest absolute Gasteiger partial charge is 0.309 e. The molecule has 1 unspecified atom stereocenters. The summed E-state index contributed by atoms with van der Waals surface area (Å²) in [6.07, 6.45) is 0. The fraction of sp³-hybridized carbons (Fsp3) is 0.462. The maximum absolute atomic E-state index is 11.4. The number of carbonyl (C=O) groups is 1. The van der Waals surface area contributed by atoms with Crippen LogP contribution >= 0.6 is 11.8 Å². The molecule has 8 heteroatoms. The Morgan fingerprint density at radius 1 is 1.29 bits per heavy atom. The molecule has 0 amide bonds. The molecule has 0 spiro atoms. The number of nitro benzene ring substituents is 1. The zero-order chi connectivity index (χ0) is 16.0. The molecule has 1 aromatic carbocycles. The summed E-state index contributed by atoms with van der Waals surface area (Å²) in [6, 6.07) is 2.84. The minimum Gasteiger partial charge on any atom is -0.493 e. The minimum atomic E-state index is -0.493. The number of methoxy groups -OCH3 is 3. The highest BCUT2D eigenvalue weighted by Crippen LogP contribution is 2.39. The van der Waals surface area contributed by atoms with Gasteiger partial charge in [-0.3, -0.25) is 14.9 Å². The van der Waals surface area contributed by atoms with Crippen molar-refractivity contribution in [3.8, 4) is 11.5 Å². The molecule has 0 saturated carbocycles. The molecule has 1 atom stereocenters. The van der Waals surface area contributed by atoms with Crippen LogP contribution in [0.4, 0.5) is 5.69 Å². The number of esters is 1. The van der Waals surface area contributed by atoms with E-state index in [0.717, 1.165) is 0 Å². The number of nitro groups is 1. The number of hydrogen-bond donors (Lipinski definition) is 0. The lowest BCUT2D eigenvalue weighted by Crippen LogP contribution is -2.14. The van der Waals surface area contributed by atoms with Crippen LogP contribution in [0.15, 0.2) is 17.0 Å². The maximum Gasteiger partial charge on any atom is 0.309 e. The van der Waals surface area contributed by atoms with Crippen molar-refractivity contribution < 1.29 is 23.9 Å². The molecular weight excluding hydrogens is 298 g/mol. The van der Waals surface area contributed by atoms with E-state index in [2.05, 4.69) is 4.74 Å². The third-order valence-corrected chi connectivity index (χ3v) is 4.06. The molecule has 1 rings (SSSR count). The quantitative estimate of drug-likeness (QED) is 0.330. The normalized spacial score (nSPS) is 11.6. The number of benzene rings is 1. The SMILES string of the molecule is COC(=O)C(C)CSc1cc(OC)c(OC)cc1[N+](=O)[O-]. The molecule has 7 nitrogen and oxygen atoms in total. The van der Waals surface area contributed by atoms with Gasteiger partial charge in [0.05, 0.1) is 43.1 Å². The number of thioether (sulfide) groups is 1. The molecule has 0 saturated heterocycles. The first-order valence-corrected chi connectivity index (χ1v) is 7.04. The van der Waals surface area contributed by atoms with Gasteiger partial charge < -0.3 is 14.2 Å². The van der Waals surface area contributed by atoms with E-state index in [0.29, 0.717) is 16.4 Å². The second-order valence-electron chi connectivity index (χ2n) is 4.17. The molecule has 116 valence electrons. The first-order chi connectivity index (χ1) is 9.94. The molecule has 0 heterocycles. The number of nitrogens with zero attached hydrogens (tertiary/aromatic N) is 1. The van der Waals surface area contributed by atoms with Gasteiger partial charge in [-0.2, -0.15) is 0 Å². The van der Waals surface area contributed by atoms with Crippen LogP contribution in [-0.4, -0.2) is 38.0 Å². The summed E-state index contributed by atoms with van der Waals surface area (Å²) in [4.78, 5) is 22.4. The van der Waals surface area contributed by atoms with Gasteiger partial charge in [0.25, 0.3) is 5.69 Å². The number of rotatable bonds is 7. The van der Waals surface area contributed by atoms with Crippen molar-refractivity contribution in [2.75, 3.05) is 27.1 Å². The Kier molecular flexibility index (Phi) is 6.29. The lowest BCUT2D eigenvalue weighted by atomic mass is 10.2. The molecule has 0 bridgehead atoms. The van der Waals surface area contributed by atoms with Crippen LogP contribution in [0.5, 0.6) is 11.5 Å². The lowest BCUT2D eigenvalue weighted by molar-refractivity contribution is -0.387. The number of ether oxygens (including phenoxy) is 3. The van der Waals surface area contributed by atoms with Crippen molar-refractivity contribution in [2.45, 2.75) is 11.8 Å². The minimum absolute atomic E-state index is 0.0882. The Labute approximate surface area is 126 Å². The van der Waals surface area contributed by atoms with Gasteiger partial charge in [-0.25, -0.2) is 0 Å².